The number of rotatable bonds is 4. The van der Waals surface area contributed by atoms with Crippen LogP contribution in [0.25, 0.3) is 22.2 Å². The summed E-state index contributed by atoms with van der Waals surface area (Å²) in [6.45, 7) is 2.93. The molecule has 2 aromatic carbocycles. The van der Waals surface area contributed by atoms with Crippen molar-refractivity contribution < 1.29 is 27.4 Å². The second-order valence-corrected chi connectivity index (χ2v) is 7.33. The zero-order chi connectivity index (χ0) is 22.0. The predicted molar refractivity (Wildman–Crippen MR) is 110 cm³/mol. The first-order chi connectivity index (χ1) is 14.8. The fourth-order valence-electron chi connectivity index (χ4n) is 3.55. The van der Waals surface area contributed by atoms with Gasteiger partial charge in [0.15, 0.2) is 6.61 Å². The Morgan fingerprint density at radius 1 is 1.10 bits per heavy atom. The molecule has 3 aromatic rings. The Labute approximate surface area is 177 Å². The number of carbonyl (C=O) groups is 1. The van der Waals surface area contributed by atoms with Gasteiger partial charge in [-0.1, -0.05) is 42.0 Å². The molecule has 5 nitrogen and oxygen atoms in total. The Hall–Kier alpha value is -3.13. The normalized spacial score (nSPS) is 14.6. The average Bonchev–Trinajstić information content (AvgIpc) is 2.77. The first-order valence-corrected chi connectivity index (χ1v) is 9.90. The van der Waals surface area contributed by atoms with Crippen LogP contribution < -0.4 is 4.74 Å². The van der Waals surface area contributed by atoms with Crippen molar-refractivity contribution in [3.8, 4) is 17.0 Å². The number of morpholine rings is 1. The molecular weight excluding hydrogens is 409 g/mol. The molecule has 1 saturated heterocycles. The van der Waals surface area contributed by atoms with Gasteiger partial charge in [-0.05, 0) is 19.1 Å². The van der Waals surface area contributed by atoms with Crippen molar-refractivity contribution in [2.24, 2.45) is 0 Å². The topological polar surface area (TPSA) is 51.7 Å². The van der Waals surface area contributed by atoms with Gasteiger partial charge in [-0.2, -0.15) is 13.2 Å². The molecule has 1 amide bonds. The molecule has 1 aromatic heterocycles. The fraction of sp³-hybridized carbons (Fsp3) is 0.304. The number of fused-ring (bicyclic) bond motifs is 1. The van der Waals surface area contributed by atoms with E-state index >= 15 is 0 Å². The van der Waals surface area contributed by atoms with Crippen molar-refractivity contribution in [1.29, 1.82) is 0 Å². The number of alkyl halides is 3. The quantitative estimate of drug-likeness (QED) is 0.613. The number of hydrogen-bond donors (Lipinski definition) is 0. The first kappa shape index (κ1) is 21.1. The van der Waals surface area contributed by atoms with Crippen molar-refractivity contribution >= 4 is 16.8 Å². The molecule has 0 saturated carbocycles. The van der Waals surface area contributed by atoms with E-state index in [-0.39, 0.29) is 22.7 Å². The Kier molecular flexibility index (Phi) is 5.82. The maximum atomic E-state index is 14.2. The van der Waals surface area contributed by atoms with E-state index in [1.165, 1.54) is 11.0 Å². The summed E-state index contributed by atoms with van der Waals surface area (Å²) in [5.41, 5.74) is 0.406. The third-order valence-electron chi connectivity index (χ3n) is 5.16. The molecule has 1 aliphatic rings. The SMILES string of the molecule is Cc1ccc(-c2nc3ccccc3c(OCC(=O)N3CCOCC3)c2C(F)(F)F)cc1. The largest absolute Gasteiger partial charge is 0.482 e. The van der Waals surface area contributed by atoms with Gasteiger partial charge in [-0.25, -0.2) is 4.98 Å². The maximum Gasteiger partial charge on any atom is 0.422 e. The minimum absolute atomic E-state index is 0.209. The molecule has 4 rings (SSSR count). The lowest BCUT2D eigenvalue weighted by atomic mass is 10.0. The summed E-state index contributed by atoms with van der Waals surface area (Å²) in [5.74, 6) is -0.760. The number of nitrogens with zero attached hydrogens (tertiary/aromatic N) is 2. The monoisotopic (exact) mass is 430 g/mol. The van der Waals surface area contributed by atoms with Crippen molar-refractivity contribution in [2.45, 2.75) is 13.1 Å². The minimum atomic E-state index is -4.73. The Bertz CT molecular complexity index is 1090. The Morgan fingerprint density at radius 2 is 1.77 bits per heavy atom. The van der Waals surface area contributed by atoms with Crippen molar-refractivity contribution in [3.05, 3.63) is 59.7 Å². The fourth-order valence-corrected chi connectivity index (χ4v) is 3.55. The van der Waals surface area contributed by atoms with E-state index in [1.54, 1.807) is 42.5 Å². The van der Waals surface area contributed by atoms with Crippen molar-refractivity contribution in [2.75, 3.05) is 32.9 Å². The number of benzene rings is 2. The standard InChI is InChI=1S/C23H21F3N2O3/c1-15-6-8-16(9-7-15)21-20(23(24,25)26)22(17-4-2-3-5-18(17)27-21)31-14-19(29)28-10-12-30-13-11-28/h2-9H,10-14H2,1H3. The second-order valence-electron chi connectivity index (χ2n) is 7.33. The summed E-state index contributed by atoms with van der Waals surface area (Å²) in [5, 5.41) is 0.209. The molecule has 1 aliphatic heterocycles. The van der Waals surface area contributed by atoms with Gasteiger partial charge >= 0.3 is 6.18 Å². The number of amides is 1. The number of aromatic nitrogens is 1. The molecule has 0 unspecified atom stereocenters. The molecule has 8 heteroatoms. The van der Waals surface area contributed by atoms with Gasteiger partial charge in [0.05, 0.1) is 24.4 Å². The lowest BCUT2D eigenvalue weighted by Gasteiger charge is -2.27. The first-order valence-electron chi connectivity index (χ1n) is 9.90. The highest BCUT2D eigenvalue weighted by atomic mass is 19.4. The van der Waals surface area contributed by atoms with Crippen LogP contribution in [-0.4, -0.2) is 48.7 Å². The van der Waals surface area contributed by atoms with Crippen molar-refractivity contribution in [3.63, 3.8) is 0 Å². The van der Waals surface area contributed by atoms with Crippen LogP contribution in [0.15, 0.2) is 48.5 Å². The smallest absolute Gasteiger partial charge is 0.422 e. The van der Waals surface area contributed by atoms with Crippen LogP contribution in [0.4, 0.5) is 13.2 Å². The molecule has 2 heterocycles. The number of hydrogen-bond acceptors (Lipinski definition) is 4. The molecule has 0 bridgehead atoms. The molecule has 0 aliphatic carbocycles. The van der Waals surface area contributed by atoms with Crippen LogP contribution in [0.3, 0.4) is 0 Å². The molecule has 31 heavy (non-hydrogen) atoms. The van der Waals surface area contributed by atoms with Crippen LogP contribution >= 0.6 is 0 Å². The van der Waals surface area contributed by atoms with Crippen LogP contribution in [0, 0.1) is 6.92 Å². The number of para-hydroxylation sites is 1. The van der Waals surface area contributed by atoms with Crippen LogP contribution in [0.5, 0.6) is 5.75 Å². The zero-order valence-electron chi connectivity index (χ0n) is 16.9. The van der Waals surface area contributed by atoms with Gasteiger partial charge in [0.1, 0.15) is 11.3 Å². The molecule has 0 atom stereocenters. The van der Waals surface area contributed by atoms with E-state index < -0.39 is 18.3 Å². The van der Waals surface area contributed by atoms with Crippen molar-refractivity contribution in [1.82, 2.24) is 9.88 Å². The van der Waals surface area contributed by atoms with E-state index in [9.17, 15) is 18.0 Å². The predicted octanol–water partition coefficient (Wildman–Crippen LogP) is 4.47. The highest BCUT2D eigenvalue weighted by Gasteiger charge is 2.40. The van der Waals surface area contributed by atoms with E-state index in [4.69, 9.17) is 9.47 Å². The van der Waals surface area contributed by atoms with Gasteiger partial charge < -0.3 is 14.4 Å². The van der Waals surface area contributed by atoms with E-state index in [0.29, 0.717) is 37.4 Å². The molecule has 0 N–H and O–H groups in total. The van der Waals surface area contributed by atoms with Gasteiger partial charge in [0.25, 0.3) is 5.91 Å². The van der Waals surface area contributed by atoms with Gasteiger partial charge in [-0.3, -0.25) is 4.79 Å². The number of carbonyl (C=O) groups excluding carboxylic acids is 1. The lowest BCUT2D eigenvalue weighted by molar-refractivity contribution is -0.142. The molecule has 0 radical (unpaired) electrons. The molecule has 162 valence electrons. The summed E-state index contributed by atoms with van der Waals surface area (Å²) in [6.07, 6.45) is -4.73. The van der Waals surface area contributed by atoms with Gasteiger partial charge in [0.2, 0.25) is 0 Å². The van der Waals surface area contributed by atoms with Gasteiger partial charge in [-0.15, -0.1) is 0 Å². The summed E-state index contributed by atoms with van der Waals surface area (Å²) < 4.78 is 53.5. The molecule has 1 fully saturated rings. The zero-order valence-corrected chi connectivity index (χ0v) is 16.9. The Morgan fingerprint density at radius 3 is 2.45 bits per heavy atom. The summed E-state index contributed by atoms with van der Waals surface area (Å²) in [4.78, 5) is 18.3. The minimum Gasteiger partial charge on any atom is -0.482 e. The average molecular weight is 430 g/mol. The summed E-state index contributed by atoms with van der Waals surface area (Å²) in [6, 6.07) is 13.1. The summed E-state index contributed by atoms with van der Waals surface area (Å²) >= 11 is 0. The van der Waals surface area contributed by atoms with Crippen LogP contribution in [0.2, 0.25) is 0 Å². The van der Waals surface area contributed by atoms with Gasteiger partial charge in [0, 0.05) is 24.0 Å². The number of pyridine rings is 1. The van der Waals surface area contributed by atoms with E-state index in [1.807, 2.05) is 6.92 Å². The van der Waals surface area contributed by atoms with Crippen LogP contribution in [-0.2, 0) is 15.7 Å². The highest BCUT2D eigenvalue weighted by molar-refractivity contribution is 5.91. The lowest BCUT2D eigenvalue weighted by Crippen LogP contribution is -2.43. The molecular formula is C23H21F3N2O3. The van der Waals surface area contributed by atoms with E-state index in [0.717, 1.165) is 5.56 Å². The second kappa shape index (κ2) is 8.55. The van der Waals surface area contributed by atoms with Crippen LogP contribution in [0.1, 0.15) is 11.1 Å². The van der Waals surface area contributed by atoms with E-state index in [2.05, 4.69) is 4.98 Å². The third kappa shape index (κ3) is 4.49. The third-order valence-corrected chi connectivity index (χ3v) is 5.16. The highest BCUT2D eigenvalue weighted by Crippen LogP contribution is 2.45. The number of ether oxygens (including phenoxy) is 2. The number of aryl methyl sites for hydroxylation is 1. The number of halogens is 3. The maximum absolute atomic E-state index is 14.2. The Balaban J connectivity index is 1.81. The summed E-state index contributed by atoms with van der Waals surface area (Å²) in [7, 11) is 0. The molecule has 0 spiro atoms.